The molecule has 2 rings (SSSR count). The van der Waals surface area contributed by atoms with Crippen molar-refractivity contribution < 1.29 is 0 Å². The maximum absolute atomic E-state index is 5.71. The molecule has 0 aliphatic carbocycles. The van der Waals surface area contributed by atoms with Crippen LogP contribution in [-0.2, 0) is 18.8 Å². The Morgan fingerprint density at radius 1 is 1.35 bits per heavy atom. The number of halogens is 1. The van der Waals surface area contributed by atoms with Crippen LogP contribution in [-0.4, -0.2) is 25.0 Å². The maximum Gasteiger partial charge on any atom is 0.207 e. The van der Waals surface area contributed by atoms with Gasteiger partial charge in [0.15, 0.2) is 5.16 Å². The van der Waals surface area contributed by atoms with Crippen molar-refractivity contribution >= 4 is 34.7 Å². The molecule has 92 valence electrons. The molecule has 0 aliphatic heterocycles. The minimum atomic E-state index is 0.395. The monoisotopic (exact) mass is 290 g/mol. The van der Waals surface area contributed by atoms with Crippen LogP contribution in [0.3, 0.4) is 0 Å². The SMILES string of the molecule is CCn1c(CN)nnc1SCc1nnc(Cl)s1. The molecule has 9 heteroatoms. The van der Waals surface area contributed by atoms with E-state index in [0.29, 0.717) is 16.8 Å². The maximum atomic E-state index is 5.71. The summed E-state index contributed by atoms with van der Waals surface area (Å²) in [6.07, 6.45) is 0. The lowest BCUT2D eigenvalue weighted by atomic mass is 10.6. The molecule has 0 radical (unpaired) electrons. The molecule has 0 aromatic carbocycles. The van der Waals surface area contributed by atoms with Crippen LogP contribution in [0.25, 0.3) is 0 Å². The van der Waals surface area contributed by atoms with Gasteiger partial charge in [-0.1, -0.05) is 23.1 Å². The molecule has 0 saturated carbocycles. The highest BCUT2D eigenvalue weighted by atomic mass is 35.5. The van der Waals surface area contributed by atoms with E-state index >= 15 is 0 Å². The summed E-state index contributed by atoms with van der Waals surface area (Å²) >= 11 is 8.64. The van der Waals surface area contributed by atoms with Crippen LogP contribution >= 0.6 is 34.7 Å². The number of nitrogens with two attached hydrogens (primary N) is 1. The molecule has 2 heterocycles. The van der Waals surface area contributed by atoms with Crippen molar-refractivity contribution in [3.63, 3.8) is 0 Å². The van der Waals surface area contributed by atoms with E-state index in [2.05, 4.69) is 20.4 Å². The van der Waals surface area contributed by atoms with E-state index in [1.54, 1.807) is 11.8 Å². The van der Waals surface area contributed by atoms with Gasteiger partial charge in [0, 0.05) is 6.54 Å². The Labute approximate surface area is 112 Å². The quantitative estimate of drug-likeness (QED) is 0.841. The Hall–Kier alpha value is -0.700. The van der Waals surface area contributed by atoms with Gasteiger partial charge in [-0.05, 0) is 18.5 Å². The topological polar surface area (TPSA) is 82.5 Å². The van der Waals surface area contributed by atoms with E-state index in [1.165, 1.54) is 11.3 Å². The molecule has 0 fully saturated rings. The molecule has 6 nitrogen and oxygen atoms in total. The molecule has 0 saturated heterocycles. The van der Waals surface area contributed by atoms with Crippen molar-refractivity contribution in [1.82, 2.24) is 25.0 Å². The van der Waals surface area contributed by atoms with Gasteiger partial charge in [-0.3, -0.25) is 0 Å². The van der Waals surface area contributed by atoms with Crippen molar-refractivity contribution in [2.75, 3.05) is 0 Å². The number of nitrogens with zero attached hydrogens (tertiary/aromatic N) is 5. The van der Waals surface area contributed by atoms with Crippen LogP contribution < -0.4 is 5.73 Å². The number of aromatic nitrogens is 5. The zero-order chi connectivity index (χ0) is 12.3. The fourth-order valence-corrected chi connectivity index (χ4v) is 3.19. The van der Waals surface area contributed by atoms with Gasteiger partial charge in [-0.2, -0.15) is 0 Å². The van der Waals surface area contributed by atoms with Gasteiger partial charge in [0.25, 0.3) is 0 Å². The van der Waals surface area contributed by atoms with Gasteiger partial charge >= 0.3 is 0 Å². The first-order valence-corrected chi connectivity index (χ1v) is 7.15. The molecule has 17 heavy (non-hydrogen) atoms. The fraction of sp³-hybridized carbons (Fsp3) is 0.500. The van der Waals surface area contributed by atoms with E-state index in [9.17, 15) is 0 Å². The summed E-state index contributed by atoms with van der Waals surface area (Å²) in [7, 11) is 0. The minimum absolute atomic E-state index is 0.395. The van der Waals surface area contributed by atoms with Gasteiger partial charge in [0.2, 0.25) is 4.47 Å². The number of rotatable bonds is 5. The lowest BCUT2D eigenvalue weighted by molar-refractivity contribution is 0.643. The van der Waals surface area contributed by atoms with E-state index in [0.717, 1.165) is 22.5 Å². The Balaban J connectivity index is 2.06. The molecule has 2 aromatic heterocycles. The second-order valence-electron chi connectivity index (χ2n) is 3.08. The van der Waals surface area contributed by atoms with Crippen LogP contribution in [0.5, 0.6) is 0 Å². The molecular formula is C8H11ClN6S2. The molecule has 0 spiro atoms. The lowest BCUT2D eigenvalue weighted by Crippen LogP contribution is -2.08. The standard InChI is InChI=1S/C8H11ClN6S2/c1-2-15-5(3-10)11-14-8(15)16-4-6-12-13-7(9)17-6/h2-4,10H2,1H3. The highest BCUT2D eigenvalue weighted by Gasteiger charge is 2.11. The molecule has 0 unspecified atom stereocenters. The summed E-state index contributed by atoms with van der Waals surface area (Å²) in [5, 5.41) is 17.5. The zero-order valence-electron chi connectivity index (χ0n) is 9.13. The summed E-state index contributed by atoms with van der Waals surface area (Å²) in [5.41, 5.74) is 5.58. The second-order valence-corrected chi connectivity index (χ2v) is 5.67. The van der Waals surface area contributed by atoms with Crippen LogP contribution in [0.15, 0.2) is 5.16 Å². The summed E-state index contributed by atoms with van der Waals surface area (Å²) in [5.74, 6) is 1.48. The summed E-state index contributed by atoms with van der Waals surface area (Å²) in [6.45, 7) is 3.24. The highest BCUT2D eigenvalue weighted by molar-refractivity contribution is 7.98. The van der Waals surface area contributed by atoms with Crippen LogP contribution in [0.2, 0.25) is 4.47 Å². The van der Waals surface area contributed by atoms with Crippen LogP contribution in [0, 0.1) is 0 Å². The number of hydrogen-bond donors (Lipinski definition) is 1. The number of thioether (sulfide) groups is 1. The smallest absolute Gasteiger partial charge is 0.207 e. The zero-order valence-corrected chi connectivity index (χ0v) is 11.5. The summed E-state index contributed by atoms with van der Waals surface area (Å²) in [6, 6.07) is 0. The average molecular weight is 291 g/mol. The van der Waals surface area contributed by atoms with Gasteiger partial charge in [-0.15, -0.1) is 20.4 Å². The van der Waals surface area contributed by atoms with E-state index < -0.39 is 0 Å². The molecule has 0 aliphatic rings. The normalized spacial score (nSPS) is 11.0. The average Bonchev–Trinajstić information content (AvgIpc) is 2.91. The molecule has 2 N–H and O–H groups in total. The third-order valence-corrected chi connectivity index (χ3v) is 4.24. The predicted molar refractivity (Wildman–Crippen MR) is 68.1 cm³/mol. The van der Waals surface area contributed by atoms with Crippen molar-refractivity contribution in [3.05, 3.63) is 15.3 Å². The first kappa shape index (κ1) is 12.7. The molecule has 2 aromatic rings. The van der Waals surface area contributed by atoms with Crippen LogP contribution in [0.4, 0.5) is 0 Å². The van der Waals surface area contributed by atoms with Crippen molar-refractivity contribution in [1.29, 1.82) is 0 Å². The van der Waals surface area contributed by atoms with Gasteiger partial charge in [-0.25, -0.2) is 0 Å². The second kappa shape index (κ2) is 5.76. The van der Waals surface area contributed by atoms with Gasteiger partial charge < -0.3 is 10.3 Å². The lowest BCUT2D eigenvalue weighted by Gasteiger charge is -2.04. The van der Waals surface area contributed by atoms with Crippen molar-refractivity contribution in [3.8, 4) is 0 Å². The first-order valence-electron chi connectivity index (χ1n) is 4.97. The molecule has 0 amide bonds. The van der Waals surface area contributed by atoms with E-state index in [-0.39, 0.29) is 0 Å². The molecule has 0 atom stereocenters. The minimum Gasteiger partial charge on any atom is -0.324 e. The molecular weight excluding hydrogens is 280 g/mol. The van der Waals surface area contributed by atoms with Crippen molar-refractivity contribution in [2.45, 2.75) is 30.9 Å². The predicted octanol–water partition coefficient (Wildman–Crippen LogP) is 1.55. The number of hydrogen-bond acceptors (Lipinski definition) is 7. The Morgan fingerprint density at radius 2 is 2.18 bits per heavy atom. The highest BCUT2D eigenvalue weighted by Crippen LogP contribution is 2.24. The fourth-order valence-electron chi connectivity index (χ4n) is 1.31. The van der Waals surface area contributed by atoms with Crippen LogP contribution in [0.1, 0.15) is 17.8 Å². The Morgan fingerprint density at radius 3 is 2.76 bits per heavy atom. The third-order valence-electron chi connectivity index (χ3n) is 2.06. The molecule has 0 bridgehead atoms. The first-order chi connectivity index (χ1) is 8.24. The van der Waals surface area contributed by atoms with Crippen molar-refractivity contribution in [2.24, 2.45) is 5.73 Å². The third kappa shape index (κ3) is 2.95. The van der Waals surface area contributed by atoms with Gasteiger partial charge in [0.05, 0.1) is 12.3 Å². The Kier molecular flexibility index (Phi) is 4.32. The Bertz CT molecular complexity index is 496. The summed E-state index contributed by atoms with van der Waals surface area (Å²) in [4.78, 5) is 0. The van der Waals surface area contributed by atoms with Gasteiger partial charge in [0.1, 0.15) is 10.8 Å². The van der Waals surface area contributed by atoms with E-state index in [1.807, 2.05) is 11.5 Å². The largest absolute Gasteiger partial charge is 0.324 e. The van der Waals surface area contributed by atoms with E-state index in [4.69, 9.17) is 17.3 Å². The summed E-state index contributed by atoms with van der Waals surface area (Å²) < 4.78 is 2.45.